The predicted molar refractivity (Wildman–Crippen MR) is 64.4 cm³/mol. The maximum atomic E-state index is 9.31. The summed E-state index contributed by atoms with van der Waals surface area (Å²) in [6.07, 6.45) is 2.18. The SMILES string of the molecule is [B]c1ccc(OC)c2c1CCC(N)(CO)C2. The third kappa shape index (κ3) is 1.83. The van der Waals surface area contributed by atoms with Gasteiger partial charge in [-0.15, -0.1) is 0 Å². The van der Waals surface area contributed by atoms with Gasteiger partial charge < -0.3 is 15.6 Å². The number of fused-ring (bicyclic) bond motifs is 1. The van der Waals surface area contributed by atoms with E-state index < -0.39 is 5.54 Å². The maximum Gasteiger partial charge on any atom is 0.122 e. The molecule has 2 rings (SSSR count). The molecule has 1 atom stereocenters. The van der Waals surface area contributed by atoms with E-state index in [4.69, 9.17) is 18.3 Å². The van der Waals surface area contributed by atoms with E-state index in [9.17, 15) is 5.11 Å². The van der Waals surface area contributed by atoms with Crippen LogP contribution in [-0.2, 0) is 12.8 Å². The van der Waals surface area contributed by atoms with Gasteiger partial charge in [0.15, 0.2) is 0 Å². The average molecular weight is 217 g/mol. The largest absolute Gasteiger partial charge is 0.496 e. The molecule has 16 heavy (non-hydrogen) atoms. The van der Waals surface area contributed by atoms with Gasteiger partial charge in [0.2, 0.25) is 0 Å². The molecule has 0 saturated carbocycles. The Hall–Kier alpha value is -0.995. The fraction of sp³-hybridized carbons (Fsp3) is 0.500. The fourth-order valence-corrected chi connectivity index (χ4v) is 2.32. The van der Waals surface area contributed by atoms with Gasteiger partial charge in [0, 0.05) is 5.54 Å². The summed E-state index contributed by atoms with van der Waals surface area (Å²) in [6, 6.07) is 3.72. The second-order valence-corrected chi connectivity index (χ2v) is 4.51. The van der Waals surface area contributed by atoms with Crippen LogP contribution < -0.4 is 15.9 Å². The molecule has 1 aliphatic rings. The second kappa shape index (κ2) is 4.11. The number of hydrogen-bond acceptors (Lipinski definition) is 3. The standard InChI is InChI=1S/C12H16BNO2/c1-16-11-3-2-10(13)8-4-5-12(14,7-15)6-9(8)11/h2-3,15H,4-7,14H2,1H3. The molecule has 0 aromatic heterocycles. The zero-order valence-corrected chi connectivity index (χ0v) is 9.49. The topological polar surface area (TPSA) is 55.5 Å². The molecule has 1 aromatic rings. The molecule has 4 heteroatoms. The minimum Gasteiger partial charge on any atom is -0.496 e. The molecule has 0 heterocycles. The minimum atomic E-state index is -0.534. The van der Waals surface area contributed by atoms with Crippen molar-refractivity contribution in [3.8, 4) is 5.75 Å². The summed E-state index contributed by atoms with van der Waals surface area (Å²) >= 11 is 0. The number of nitrogens with two attached hydrogens (primary N) is 1. The third-order valence-electron chi connectivity index (χ3n) is 3.36. The Balaban J connectivity index is 2.46. The van der Waals surface area contributed by atoms with E-state index in [-0.39, 0.29) is 6.61 Å². The van der Waals surface area contributed by atoms with Gasteiger partial charge in [-0.05, 0) is 36.5 Å². The summed E-state index contributed by atoms with van der Waals surface area (Å²) in [6.45, 7) is -0.00953. The molecule has 0 amide bonds. The predicted octanol–water partition coefficient (Wildman–Crippen LogP) is -0.333. The average Bonchev–Trinajstić information content (AvgIpc) is 2.29. The van der Waals surface area contributed by atoms with Crippen LogP contribution in [0.5, 0.6) is 5.75 Å². The molecule has 2 radical (unpaired) electrons. The Bertz CT molecular complexity index is 408. The van der Waals surface area contributed by atoms with Crippen molar-refractivity contribution in [2.24, 2.45) is 5.73 Å². The molecule has 0 aliphatic heterocycles. The normalized spacial score (nSPS) is 23.9. The molecule has 0 saturated heterocycles. The fourth-order valence-electron chi connectivity index (χ4n) is 2.32. The summed E-state index contributed by atoms with van der Waals surface area (Å²) in [5.41, 5.74) is 8.52. The van der Waals surface area contributed by atoms with Gasteiger partial charge in [0.1, 0.15) is 13.6 Å². The summed E-state index contributed by atoms with van der Waals surface area (Å²) < 4.78 is 5.31. The molecular formula is C12H16BNO2. The molecule has 1 unspecified atom stereocenters. The van der Waals surface area contributed by atoms with Crippen molar-refractivity contribution < 1.29 is 9.84 Å². The van der Waals surface area contributed by atoms with Crippen molar-refractivity contribution in [2.45, 2.75) is 24.8 Å². The summed E-state index contributed by atoms with van der Waals surface area (Å²) in [5, 5.41) is 9.31. The Morgan fingerprint density at radius 2 is 2.25 bits per heavy atom. The lowest BCUT2D eigenvalue weighted by Crippen LogP contribution is -2.49. The van der Waals surface area contributed by atoms with Crippen LogP contribution in [0, 0.1) is 0 Å². The van der Waals surface area contributed by atoms with Crippen LogP contribution in [0.15, 0.2) is 12.1 Å². The van der Waals surface area contributed by atoms with Crippen LogP contribution in [-0.4, -0.2) is 32.2 Å². The van der Waals surface area contributed by atoms with Crippen molar-refractivity contribution in [3.05, 3.63) is 23.3 Å². The molecule has 3 N–H and O–H groups in total. The van der Waals surface area contributed by atoms with Crippen LogP contribution in [0.3, 0.4) is 0 Å². The smallest absolute Gasteiger partial charge is 0.122 e. The van der Waals surface area contributed by atoms with Gasteiger partial charge >= 0.3 is 0 Å². The third-order valence-corrected chi connectivity index (χ3v) is 3.36. The van der Waals surface area contributed by atoms with Crippen LogP contribution in [0.25, 0.3) is 0 Å². The van der Waals surface area contributed by atoms with E-state index >= 15 is 0 Å². The van der Waals surface area contributed by atoms with Crippen LogP contribution in [0.4, 0.5) is 0 Å². The van der Waals surface area contributed by atoms with Gasteiger partial charge in [-0.2, -0.15) is 0 Å². The highest BCUT2D eigenvalue weighted by Gasteiger charge is 2.32. The van der Waals surface area contributed by atoms with Gasteiger partial charge in [0.05, 0.1) is 13.7 Å². The van der Waals surface area contributed by atoms with Crippen molar-refractivity contribution in [1.29, 1.82) is 0 Å². The van der Waals surface area contributed by atoms with Crippen LogP contribution >= 0.6 is 0 Å². The summed E-state index contributed by atoms with van der Waals surface area (Å²) in [4.78, 5) is 0. The molecule has 3 nitrogen and oxygen atoms in total. The Labute approximate surface area is 97.0 Å². The Morgan fingerprint density at radius 1 is 1.50 bits per heavy atom. The lowest BCUT2D eigenvalue weighted by Gasteiger charge is -2.34. The lowest BCUT2D eigenvalue weighted by atomic mass is 9.74. The first-order valence-corrected chi connectivity index (χ1v) is 5.43. The van der Waals surface area contributed by atoms with E-state index in [1.54, 1.807) is 7.11 Å². The maximum absolute atomic E-state index is 9.31. The lowest BCUT2D eigenvalue weighted by molar-refractivity contribution is 0.180. The van der Waals surface area contributed by atoms with Gasteiger partial charge in [-0.25, -0.2) is 0 Å². The highest BCUT2D eigenvalue weighted by molar-refractivity contribution is 6.33. The highest BCUT2D eigenvalue weighted by atomic mass is 16.5. The first-order chi connectivity index (χ1) is 7.59. The number of aliphatic hydroxyl groups excluding tert-OH is 1. The van der Waals surface area contributed by atoms with E-state index in [0.717, 1.165) is 35.2 Å². The minimum absolute atomic E-state index is 0.00953. The summed E-state index contributed by atoms with van der Waals surface area (Å²) in [7, 11) is 7.57. The van der Waals surface area contributed by atoms with Gasteiger partial charge in [0.25, 0.3) is 0 Å². The number of aliphatic hydroxyl groups is 1. The Kier molecular flexibility index (Phi) is 2.95. The molecule has 1 aliphatic carbocycles. The van der Waals surface area contributed by atoms with Crippen molar-refractivity contribution in [2.75, 3.05) is 13.7 Å². The molecule has 84 valence electrons. The molecule has 0 bridgehead atoms. The van der Waals surface area contributed by atoms with Crippen LogP contribution in [0.2, 0.25) is 0 Å². The van der Waals surface area contributed by atoms with Crippen LogP contribution in [0.1, 0.15) is 17.5 Å². The molecule has 0 spiro atoms. The first-order valence-electron chi connectivity index (χ1n) is 5.43. The Morgan fingerprint density at radius 3 is 2.88 bits per heavy atom. The number of methoxy groups -OCH3 is 1. The van der Waals surface area contributed by atoms with Crippen molar-refractivity contribution in [3.63, 3.8) is 0 Å². The zero-order valence-electron chi connectivity index (χ0n) is 9.49. The number of hydrogen-bond donors (Lipinski definition) is 2. The van der Waals surface area contributed by atoms with Gasteiger partial charge in [-0.3, -0.25) is 0 Å². The number of rotatable bonds is 2. The zero-order chi connectivity index (χ0) is 11.8. The van der Waals surface area contributed by atoms with Crippen molar-refractivity contribution in [1.82, 2.24) is 0 Å². The molecular weight excluding hydrogens is 201 g/mol. The molecule has 0 fully saturated rings. The quantitative estimate of drug-likeness (QED) is 0.667. The molecule has 1 aromatic carbocycles. The highest BCUT2D eigenvalue weighted by Crippen LogP contribution is 2.31. The van der Waals surface area contributed by atoms with Crippen molar-refractivity contribution >= 4 is 13.3 Å². The monoisotopic (exact) mass is 217 g/mol. The first kappa shape index (κ1) is 11.5. The van der Waals surface area contributed by atoms with Gasteiger partial charge in [-0.1, -0.05) is 11.5 Å². The van der Waals surface area contributed by atoms with E-state index in [2.05, 4.69) is 0 Å². The van der Waals surface area contributed by atoms with E-state index in [1.165, 1.54) is 0 Å². The van der Waals surface area contributed by atoms with E-state index in [1.807, 2.05) is 12.1 Å². The summed E-state index contributed by atoms with van der Waals surface area (Å²) in [5.74, 6) is 0.812. The number of ether oxygens (including phenoxy) is 1. The second-order valence-electron chi connectivity index (χ2n) is 4.51. The number of benzene rings is 1. The van der Waals surface area contributed by atoms with E-state index in [0.29, 0.717) is 6.42 Å².